The predicted molar refractivity (Wildman–Crippen MR) is 110 cm³/mol. The number of hydrogen-bond acceptors (Lipinski definition) is 4. The molecular formula is C21H29ClFN3O3. The fourth-order valence-corrected chi connectivity index (χ4v) is 4.84. The maximum Gasteiger partial charge on any atom is 0.236 e. The number of benzene rings is 1. The number of carbonyl (C=O) groups excluding carboxylic acids is 2. The molecule has 3 heterocycles. The number of piperazine rings is 1. The molecule has 0 bridgehead atoms. The van der Waals surface area contributed by atoms with Crippen molar-refractivity contribution in [1.82, 2.24) is 15.1 Å². The second-order valence-corrected chi connectivity index (χ2v) is 8.02. The number of ether oxygens (including phenoxy) is 1. The molecular weight excluding hydrogens is 397 g/mol. The highest BCUT2D eigenvalue weighted by atomic mass is 35.5. The fourth-order valence-electron chi connectivity index (χ4n) is 4.84. The number of carbonyl (C=O) groups is 2. The first-order valence-corrected chi connectivity index (χ1v) is 10.2. The highest BCUT2D eigenvalue weighted by Gasteiger charge is 2.45. The Morgan fingerprint density at radius 3 is 2.76 bits per heavy atom. The maximum absolute atomic E-state index is 13.9. The van der Waals surface area contributed by atoms with Gasteiger partial charge in [0.2, 0.25) is 11.8 Å². The number of rotatable bonds is 3. The van der Waals surface area contributed by atoms with Crippen LogP contribution in [0.25, 0.3) is 0 Å². The van der Waals surface area contributed by atoms with Gasteiger partial charge in [-0.05, 0) is 43.4 Å². The summed E-state index contributed by atoms with van der Waals surface area (Å²) in [5.41, 5.74) is -0.00318. The zero-order valence-electron chi connectivity index (χ0n) is 16.6. The minimum absolute atomic E-state index is 0. The average molecular weight is 426 g/mol. The monoisotopic (exact) mass is 425 g/mol. The molecule has 3 aliphatic rings. The summed E-state index contributed by atoms with van der Waals surface area (Å²) < 4.78 is 19.5. The lowest BCUT2D eigenvalue weighted by Crippen LogP contribution is -2.59. The van der Waals surface area contributed by atoms with Crippen molar-refractivity contribution in [2.24, 2.45) is 0 Å². The standard InChI is InChI=1S/C21H28FN3O3.ClH/c22-17-4-1-3-16(13-17)21(6-11-28-12-7-21)20(27)24-9-2-5-18(15-24)25-10-8-23-14-19(25)26;/h1,3-4,13,18,23H,2,5-12,14-15H2;1H. The largest absolute Gasteiger partial charge is 0.381 e. The van der Waals surface area contributed by atoms with E-state index in [4.69, 9.17) is 4.74 Å². The van der Waals surface area contributed by atoms with Crippen molar-refractivity contribution >= 4 is 24.2 Å². The lowest BCUT2D eigenvalue weighted by atomic mass is 9.72. The van der Waals surface area contributed by atoms with E-state index in [2.05, 4.69) is 5.32 Å². The van der Waals surface area contributed by atoms with E-state index < -0.39 is 5.41 Å². The van der Waals surface area contributed by atoms with Gasteiger partial charge in [0.15, 0.2) is 0 Å². The van der Waals surface area contributed by atoms with Gasteiger partial charge in [0.05, 0.1) is 12.0 Å². The van der Waals surface area contributed by atoms with Gasteiger partial charge in [0.1, 0.15) is 5.82 Å². The van der Waals surface area contributed by atoms with Crippen LogP contribution >= 0.6 is 12.4 Å². The minimum atomic E-state index is -0.740. The molecule has 1 atom stereocenters. The van der Waals surface area contributed by atoms with E-state index in [0.717, 1.165) is 24.9 Å². The van der Waals surface area contributed by atoms with Gasteiger partial charge in [-0.1, -0.05) is 12.1 Å². The second-order valence-electron chi connectivity index (χ2n) is 8.02. The maximum atomic E-state index is 13.9. The molecule has 6 nitrogen and oxygen atoms in total. The van der Waals surface area contributed by atoms with Crippen LogP contribution < -0.4 is 5.32 Å². The predicted octanol–water partition coefficient (Wildman–Crippen LogP) is 1.72. The van der Waals surface area contributed by atoms with Crippen LogP contribution in [0.4, 0.5) is 4.39 Å². The number of hydrogen-bond donors (Lipinski definition) is 1. The highest BCUT2D eigenvalue weighted by molar-refractivity contribution is 5.89. The minimum Gasteiger partial charge on any atom is -0.381 e. The lowest BCUT2D eigenvalue weighted by Gasteiger charge is -2.45. The van der Waals surface area contributed by atoms with Crippen LogP contribution in [-0.4, -0.2) is 73.6 Å². The Balaban J connectivity index is 0.00000240. The van der Waals surface area contributed by atoms with E-state index in [1.165, 1.54) is 12.1 Å². The molecule has 1 N–H and O–H groups in total. The van der Waals surface area contributed by atoms with Crippen molar-refractivity contribution in [3.05, 3.63) is 35.6 Å². The quantitative estimate of drug-likeness (QED) is 0.801. The summed E-state index contributed by atoms with van der Waals surface area (Å²) >= 11 is 0. The Morgan fingerprint density at radius 1 is 1.24 bits per heavy atom. The van der Waals surface area contributed by atoms with Crippen molar-refractivity contribution < 1.29 is 18.7 Å². The van der Waals surface area contributed by atoms with Gasteiger partial charge < -0.3 is 19.9 Å². The van der Waals surface area contributed by atoms with Crippen molar-refractivity contribution in [3.8, 4) is 0 Å². The van der Waals surface area contributed by atoms with E-state index >= 15 is 0 Å². The van der Waals surface area contributed by atoms with Crippen LogP contribution in [0.2, 0.25) is 0 Å². The van der Waals surface area contributed by atoms with Gasteiger partial charge in [-0.2, -0.15) is 0 Å². The molecule has 0 radical (unpaired) electrons. The van der Waals surface area contributed by atoms with Gasteiger partial charge in [0.25, 0.3) is 0 Å². The molecule has 0 spiro atoms. The number of likely N-dealkylation sites (tertiary alicyclic amines) is 1. The molecule has 2 amide bonds. The Morgan fingerprint density at radius 2 is 2.03 bits per heavy atom. The topological polar surface area (TPSA) is 61.9 Å². The molecule has 0 aromatic heterocycles. The summed E-state index contributed by atoms with van der Waals surface area (Å²) in [6.45, 7) is 4.09. The normalized spacial score (nSPS) is 24.7. The SMILES string of the molecule is Cl.O=C1CNCCN1C1CCCN(C(=O)C2(c3cccc(F)c3)CCOCC2)C1. The number of halogens is 2. The third kappa shape index (κ3) is 4.42. The molecule has 1 aromatic carbocycles. The number of amides is 2. The smallest absolute Gasteiger partial charge is 0.236 e. The van der Waals surface area contributed by atoms with Gasteiger partial charge in [-0.3, -0.25) is 9.59 Å². The molecule has 1 unspecified atom stereocenters. The van der Waals surface area contributed by atoms with E-state index in [-0.39, 0.29) is 36.1 Å². The molecule has 160 valence electrons. The molecule has 3 fully saturated rings. The van der Waals surface area contributed by atoms with Crippen LogP contribution in [0.15, 0.2) is 24.3 Å². The van der Waals surface area contributed by atoms with E-state index in [9.17, 15) is 14.0 Å². The van der Waals surface area contributed by atoms with Crippen LogP contribution in [0.5, 0.6) is 0 Å². The van der Waals surface area contributed by atoms with Gasteiger partial charge in [-0.15, -0.1) is 12.4 Å². The molecule has 0 aliphatic carbocycles. The molecule has 4 rings (SSSR count). The van der Waals surface area contributed by atoms with E-state index in [0.29, 0.717) is 52.2 Å². The van der Waals surface area contributed by atoms with Crippen LogP contribution in [0, 0.1) is 5.82 Å². The molecule has 3 saturated heterocycles. The van der Waals surface area contributed by atoms with E-state index in [1.807, 2.05) is 15.9 Å². The number of nitrogens with zero attached hydrogens (tertiary/aromatic N) is 2. The zero-order valence-corrected chi connectivity index (χ0v) is 17.4. The summed E-state index contributed by atoms with van der Waals surface area (Å²) in [6, 6.07) is 6.50. The third-order valence-electron chi connectivity index (χ3n) is 6.38. The first-order chi connectivity index (χ1) is 13.6. The first kappa shape index (κ1) is 22.0. The molecule has 1 aromatic rings. The van der Waals surface area contributed by atoms with E-state index in [1.54, 1.807) is 6.07 Å². The second kappa shape index (κ2) is 9.41. The Bertz CT molecular complexity index is 742. The number of nitrogens with one attached hydrogen (secondary N) is 1. The van der Waals surface area contributed by atoms with Crippen molar-refractivity contribution in [2.75, 3.05) is 45.9 Å². The summed E-state index contributed by atoms with van der Waals surface area (Å²) in [7, 11) is 0. The van der Waals surface area contributed by atoms with Crippen LogP contribution in [0.1, 0.15) is 31.2 Å². The lowest BCUT2D eigenvalue weighted by molar-refractivity contribution is -0.146. The fraction of sp³-hybridized carbons (Fsp3) is 0.619. The molecule has 29 heavy (non-hydrogen) atoms. The van der Waals surface area contributed by atoms with Crippen molar-refractivity contribution in [2.45, 2.75) is 37.1 Å². The summed E-state index contributed by atoms with van der Waals surface area (Å²) in [4.78, 5) is 29.9. The molecule has 3 aliphatic heterocycles. The first-order valence-electron chi connectivity index (χ1n) is 10.2. The van der Waals surface area contributed by atoms with Crippen molar-refractivity contribution in [1.29, 1.82) is 0 Å². The average Bonchev–Trinajstić information content (AvgIpc) is 2.74. The Labute approximate surface area is 177 Å². The summed E-state index contributed by atoms with van der Waals surface area (Å²) in [5, 5.41) is 3.10. The van der Waals surface area contributed by atoms with Gasteiger partial charge in [0, 0.05) is 45.4 Å². The number of piperidine rings is 1. The zero-order chi connectivity index (χ0) is 19.6. The highest BCUT2D eigenvalue weighted by Crippen LogP contribution is 2.38. The van der Waals surface area contributed by atoms with Gasteiger partial charge >= 0.3 is 0 Å². The third-order valence-corrected chi connectivity index (χ3v) is 6.38. The van der Waals surface area contributed by atoms with Gasteiger partial charge in [-0.25, -0.2) is 4.39 Å². The molecule has 0 saturated carbocycles. The summed E-state index contributed by atoms with van der Waals surface area (Å²) in [6.07, 6.45) is 2.92. The Hall–Kier alpha value is -1.70. The van der Waals surface area contributed by atoms with Crippen LogP contribution in [0.3, 0.4) is 0 Å². The Kier molecular flexibility index (Phi) is 7.14. The summed E-state index contributed by atoms with van der Waals surface area (Å²) in [5.74, 6) is -0.163. The van der Waals surface area contributed by atoms with Crippen LogP contribution in [-0.2, 0) is 19.7 Å². The molecule has 8 heteroatoms. The van der Waals surface area contributed by atoms with Crippen molar-refractivity contribution in [3.63, 3.8) is 0 Å².